The summed E-state index contributed by atoms with van der Waals surface area (Å²) in [5, 5.41) is 0. The van der Waals surface area contributed by atoms with Gasteiger partial charge in [-0.1, -0.05) is 75.4 Å². The molecule has 5 nitrogen and oxygen atoms in total. The van der Waals surface area contributed by atoms with Crippen LogP contribution in [0.2, 0.25) is 0 Å². The van der Waals surface area contributed by atoms with Gasteiger partial charge in [-0.3, -0.25) is 9.69 Å². The Balaban J connectivity index is 1.28. The number of ether oxygens (including phenoxy) is 1. The van der Waals surface area contributed by atoms with Crippen LogP contribution in [0.3, 0.4) is 0 Å². The summed E-state index contributed by atoms with van der Waals surface area (Å²) in [6, 6.07) is 23.3. The molecule has 38 heavy (non-hydrogen) atoms. The van der Waals surface area contributed by atoms with Crippen LogP contribution in [0.25, 0.3) is 0 Å². The average molecular weight is 516 g/mol. The fraction of sp³-hybridized carbons (Fsp3) is 0.545. The summed E-state index contributed by atoms with van der Waals surface area (Å²) in [5.41, 5.74) is 1.81. The second-order valence-corrected chi connectivity index (χ2v) is 12.5. The van der Waals surface area contributed by atoms with Gasteiger partial charge in [0.25, 0.3) is 0 Å². The SMILES string of the molecule is C=CCN(c1ccccc1)C1CC2CCC(C1)N2CCC1(c2ccccc2)CCN(C(=O)C(C)(C)C)CO1. The monoisotopic (exact) mass is 515 g/mol. The van der Waals surface area contributed by atoms with E-state index < -0.39 is 5.41 Å². The minimum absolute atomic E-state index is 0.168. The van der Waals surface area contributed by atoms with Gasteiger partial charge in [0, 0.05) is 48.9 Å². The van der Waals surface area contributed by atoms with Crippen molar-refractivity contribution in [3.05, 3.63) is 78.9 Å². The summed E-state index contributed by atoms with van der Waals surface area (Å²) < 4.78 is 6.67. The first-order valence-electron chi connectivity index (χ1n) is 14.5. The first-order chi connectivity index (χ1) is 18.3. The predicted octanol–water partition coefficient (Wildman–Crippen LogP) is 6.21. The van der Waals surface area contributed by atoms with Crippen molar-refractivity contribution in [3.63, 3.8) is 0 Å². The van der Waals surface area contributed by atoms with E-state index in [4.69, 9.17) is 4.74 Å². The summed E-state index contributed by atoms with van der Waals surface area (Å²) in [6.07, 6.45) is 8.81. The number of carbonyl (C=O) groups is 1. The molecule has 0 aliphatic carbocycles. The van der Waals surface area contributed by atoms with Gasteiger partial charge < -0.3 is 14.5 Å². The third-order valence-electron chi connectivity index (χ3n) is 9.00. The Bertz CT molecular complexity index is 1060. The Labute approximate surface area is 229 Å². The van der Waals surface area contributed by atoms with Crippen molar-refractivity contribution in [2.75, 3.05) is 31.3 Å². The van der Waals surface area contributed by atoms with Crippen molar-refractivity contribution < 1.29 is 9.53 Å². The van der Waals surface area contributed by atoms with E-state index in [0.717, 1.165) is 32.5 Å². The number of hydrogen-bond acceptors (Lipinski definition) is 4. The van der Waals surface area contributed by atoms with Gasteiger partial charge in [-0.2, -0.15) is 0 Å². The number of hydrogen-bond donors (Lipinski definition) is 0. The number of rotatable bonds is 8. The molecule has 5 rings (SSSR count). The van der Waals surface area contributed by atoms with Crippen LogP contribution < -0.4 is 4.90 Å². The Morgan fingerprint density at radius 1 is 1.05 bits per heavy atom. The lowest BCUT2D eigenvalue weighted by Crippen LogP contribution is -2.53. The van der Waals surface area contributed by atoms with Gasteiger partial charge in [0.1, 0.15) is 6.73 Å². The molecule has 3 heterocycles. The number of nitrogens with zero attached hydrogens (tertiary/aromatic N) is 3. The van der Waals surface area contributed by atoms with Gasteiger partial charge in [-0.25, -0.2) is 0 Å². The van der Waals surface area contributed by atoms with Crippen LogP contribution in [0, 0.1) is 5.41 Å². The van der Waals surface area contributed by atoms with Crippen LogP contribution in [0.4, 0.5) is 5.69 Å². The number of benzene rings is 2. The van der Waals surface area contributed by atoms with E-state index in [1.807, 2.05) is 31.7 Å². The molecule has 0 radical (unpaired) electrons. The highest BCUT2D eigenvalue weighted by molar-refractivity contribution is 5.81. The van der Waals surface area contributed by atoms with Gasteiger partial charge in [-0.05, 0) is 56.2 Å². The van der Waals surface area contributed by atoms with Crippen molar-refractivity contribution >= 4 is 11.6 Å². The van der Waals surface area contributed by atoms with E-state index >= 15 is 0 Å². The molecular weight excluding hydrogens is 470 g/mol. The van der Waals surface area contributed by atoms with E-state index in [1.54, 1.807) is 0 Å². The smallest absolute Gasteiger partial charge is 0.229 e. The lowest BCUT2D eigenvalue weighted by molar-refractivity contribution is -0.176. The number of carbonyl (C=O) groups excluding carboxylic acids is 1. The van der Waals surface area contributed by atoms with Gasteiger partial charge in [0.05, 0.1) is 5.60 Å². The van der Waals surface area contributed by atoms with E-state index in [1.165, 1.54) is 36.9 Å². The molecule has 3 aliphatic rings. The van der Waals surface area contributed by atoms with Gasteiger partial charge in [0.15, 0.2) is 0 Å². The topological polar surface area (TPSA) is 36.0 Å². The first-order valence-corrected chi connectivity index (χ1v) is 14.5. The van der Waals surface area contributed by atoms with Crippen LogP contribution in [0.5, 0.6) is 0 Å². The van der Waals surface area contributed by atoms with Crippen LogP contribution in [0.15, 0.2) is 73.3 Å². The van der Waals surface area contributed by atoms with E-state index in [2.05, 4.69) is 77.0 Å². The summed E-state index contributed by atoms with van der Waals surface area (Å²) in [7, 11) is 0. The number of fused-ring (bicyclic) bond motifs is 2. The van der Waals surface area contributed by atoms with Crippen molar-refractivity contribution in [3.8, 4) is 0 Å². The first kappa shape index (κ1) is 27.0. The summed E-state index contributed by atoms with van der Waals surface area (Å²) >= 11 is 0. The lowest BCUT2D eigenvalue weighted by Gasteiger charge is -2.47. The zero-order valence-electron chi connectivity index (χ0n) is 23.5. The lowest BCUT2D eigenvalue weighted by atomic mass is 9.84. The number of para-hydroxylation sites is 1. The summed E-state index contributed by atoms with van der Waals surface area (Å²) in [4.78, 5) is 20.2. The fourth-order valence-corrected chi connectivity index (χ4v) is 7.00. The molecule has 2 aromatic carbocycles. The highest BCUT2D eigenvalue weighted by Gasteiger charge is 2.45. The third-order valence-corrected chi connectivity index (χ3v) is 9.00. The molecule has 2 bridgehead atoms. The van der Waals surface area contributed by atoms with Crippen LogP contribution >= 0.6 is 0 Å². The zero-order valence-corrected chi connectivity index (χ0v) is 23.5. The van der Waals surface area contributed by atoms with Crippen LogP contribution in [-0.4, -0.2) is 60.2 Å². The highest BCUT2D eigenvalue weighted by Crippen LogP contribution is 2.42. The molecule has 2 aromatic rings. The number of piperidine rings is 1. The molecule has 0 spiro atoms. The Hall–Kier alpha value is -2.63. The Morgan fingerprint density at radius 3 is 2.24 bits per heavy atom. The van der Waals surface area contributed by atoms with E-state index in [9.17, 15) is 4.79 Å². The van der Waals surface area contributed by atoms with Gasteiger partial charge >= 0.3 is 0 Å². The maximum atomic E-state index is 12.9. The second kappa shape index (κ2) is 11.2. The van der Waals surface area contributed by atoms with Crippen molar-refractivity contribution in [2.24, 2.45) is 5.41 Å². The maximum absolute atomic E-state index is 12.9. The molecule has 0 aromatic heterocycles. The van der Waals surface area contributed by atoms with E-state index in [0.29, 0.717) is 24.9 Å². The molecule has 1 amide bonds. The second-order valence-electron chi connectivity index (χ2n) is 12.5. The standard InChI is InChI=1S/C33H45N3O2/c1-5-20-35(27-14-10-7-11-15-27)30-23-28-16-17-29(24-30)36(28)22-19-33(26-12-8-6-9-13-26)18-21-34(25-38-33)31(37)32(2,3)4/h5-15,28-30H,1,16-25H2,2-4H3. The molecule has 3 fully saturated rings. The predicted molar refractivity (Wildman–Crippen MR) is 155 cm³/mol. The molecule has 0 N–H and O–H groups in total. The minimum Gasteiger partial charge on any atom is -0.365 e. The molecule has 5 heteroatoms. The molecule has 3 saturated heterocycles. The average Bonchev–Trinajstić information content (AvgIpc) is 3.17. The van der Waals surface area contributed by atoms with Crippen molar-refractivity contribution in [1.82, 2.24) is 9.80 Å². The van der Waals surface area contributed by atoms with Crippen molar-refractivity contribution in [1.29, 1.82) is 0 Å². The Kier molecular flexibility index (Phi) is 7.97. The molecule has 3 aliphatic heterocycles. The largest absolute Gasteiger partial charge is 0.365 e. The van der Waals surface area contributed by atoms with Crippen LogP contribution in [-0.2, 0) is 15.1 Å². The van der Waals surface area contributed by atoms with Gasteiger partial charge in [-0.15, -0.1) is 6.58 Å². The van der Waals surface area contributed by atoms with Crippen LogP contribution in [0.1, 0.15) is 64.9 Å². The number of amides is 1. The fourth-order valence-electron chi connectivity index (χ4n) is 7.00. The molecule has 204 valence electrons. The maximum Gasteiger partial charge on any atom is 0.229 e. The molecule has 3 atom stereocenters. The number of anilines is 1. The summed E-state index contributed by atoms with van der Waals surface area (Å²) in [6.45, 7) is 13.1. The molecular formula is C33H45N3O2. The summed E-state index contributed by atoms with van der Waals surface area (Å²) in [5.74, 6) is 0.168. The van der Waals surface area contributed by atoms with E-state index in [-0.39, 0.29) is 11.5 Å². The normalized spacial score (nSPS) is 27.8. The zero-order chi connectivity index (χ0) is 26.8. The minimum atomic E-state index is -0.390. The molecule has 3 unspecified atom stereocenters. The molecule has 0 saturated carbocycles. The van der Waals surface area contributed by atoms with Gasteiger partial charge in [0.2, 0.25) is 5.91 Å². The quantitative estimate of drug-likeness (QED) is 0.392. The highest BCUT2D eigenvalue weighted by atomic mass is 16.5. The van der Waals surface area contributed by atoms with Crippen molar-refractivity contribution in [2.45, 2.75) is 83.0 Å². The third kappa shape index (κ3) is 5.55. The Morgan fingerprint density at radius 2 is 1.68 bits per heavy atom.